The fourth-order valence-electron chi connectivity index (χ4n) is 1.75. The van der Waals surface area contributed by atoms with Gasteiger partial charge in [0.05, 0.1) is 12.7 Å². The summed E-state index contributed by atoms with van der Waals surface area (Å²) in [6.45, 7) is 2.09. The Labute approximate surface area is 105 Å². The zero-order chi connectivity index (χ0) is 13.0. The molecule has 2 rings (SSSR count). The summed E-state index contributed by atoms with van der Waals surface area (Å²) < 4.78 is 6.58. The maximum absolute atomic E-state index is 11.5. The van der Waals surface area contributed by atoms with Crippen molar-refractivity contribution in [3.63, 3.8) is 0 Å². The van der Waals surface area contributed by atoms with E-state index in [-0.39, 0.29) is 5.97 Å². The lowest BCUT2D eigenvalue weighted by Crippen LogP contribution is -2.06. The number of hydrogen-bond acceptors (Lipinski definition) is 4. The van der Waals surface area contributed by atoms with Crippen LogP contribution in [0.5, 0.6) is 0 Å². The first-order chi connectivity index (χ1) is 8.76. The Bertz CT molecular complexity index is 549. The third-order valence-electron chi connectivity index (χ3n) is 2.60. The maximum Gasteiger partial charge on any atom is 0.338 e. The molecule has 0 fully saturated rings. The Morgan fingerprint density at radius 2 is 2.22 bits per heavy atom. The summed E-state index contributed by atoms with van der Waals surface area (Å²) in [6.07, 6.45) is 7.05. The monoisotopic (exact) mass is 245 g/mol. The highest BCUT2D eigenvalue weighted by molar-refractivity contribution is 5.89. The van der Waals surface area contributed by atoms with E-state index >= 15 is 0 Å². The highest BCUT2D eigenvalue weighted by Gasteiger charge is 2.09. The van der Waals surface area contributed by atoms with E-state index in [2.05, 4.69) is 16.9 Å². The number of carbonyl (C=O) groups is 1. The van der Waals surface area contributed by atoms with Crippen LogP contribution in [0.2, 0.25) is 0 Å². The van der Waals surface area contributed by atoms with Gasteiger partial charge in [-0.15, -0.1) is 0 Å². The summed E-state index contributed by atoms with van der Waals surface area (Å²) in [4.78, 5) is 20.0. The smallest absolute Gasteiger partial charge is 0.338 e. The van der Waals surface area contributed by atoms with E-state index in [0.29, 0.717) is 11.4 Å². The van der Waals surface area contributed by atoms with E-state index in [0.717, 1.165) is 18.7 Å². The largest absolute Gasteiger partial charge is 0.465 e. The molecule has 0 spiro atoms. The van der Waals surface area contributed by atoms with Crippen molar-refractivity contribution in [2.24, 2.45) is 0 Å². The van der Waals surface area contributed by atoms with Crippen LogP contribution in [-0.2, 0) is 11.2 Å². The normalized spacial score (nSPS) is 10.3. The molecule has 0 aromatic carbocycles. The van der Waals surface area contributed by atoms with Gasteiger partial charge >= 0.3 is 5.97 Å². The number of ether oxygens (including phenoxy) is 1. The first-order valence-electron chi connectivity index (χ1n) is 5.83. The fourth-order valence-corrected chi connectivity index (χ4v) is 1.75. The number of nitrogens with zero attached hydrogens (tertiary/aromatic N) is 3. The molecule has 5 nitrogen and oxygen atoms in total. The van der Waals surface area contributed by atoms with Gasteiger partial charge in [0.25, 0.3) is 0 Å². The molecule has 0 amide bonds. The second kappa shape index (κ2) is 5.44. The zero-order valence-corrected chi connectivity index (χ0v) is 10.5. The van der Waals surface area contributed by atoms with Crippen molar-refractivity contribution < 1.29 is 9.53 Å². The van der Waals surface area contributed by atoms with Crippen LogP contribution >= 0.6 is 0 Å². The van der Waals surface area contributed by atoms with Gasteiger partial charge in [0.1, 0.15) is 11.6 Å². The van der Waals surface area contributed by atoms with Crippen molar-refractivity contribution >= 4 is 5.97 Å². The number of carbonyl (C=O) groups excluding carboxylic acids is 1. The summed E-state index contributed by atoms with van der Waals surface area (Å²) in [5, 5.41) is 0. The molecule has 0 aliphatic heterocycles. The van der Waals surface area contributed by atoms with E-state index in [1.54, 1.807) is 24.5 Å². The van der Waals surface area contributed by atoms with Crippen LogP contribution in [0.15, 0.2) is 30.7 Å². The maximum atomic E-state index is 11.5. The van der Waals surface area contributed by atoms with Gasteiger partial charge in [0.15, 0.2) is 0 Å². The summed E-state index contributed by atoms with van der Waals surface area (Å²) in [6, 6.07) is 3.33. The lowest BCUT2D eigenvalue weighted by molar-refractivity contribution is 0.0600. The first kappa shape index (κ1) is 12.3. The molecule has 94 valence electrons. The second-order valence-corrected chi connectivity index (χ2v) is 3.86. The molecule has 18 heavy (non-hydrogen) atoms. The number of imidazole rings is 1. The molecular formula is C13H15N3O2. The van der Waals surface area contributed by atoms with Gasteiger partial charge in [-0.3, -0.25) is 4.57 Å². The topological polar surface area (TPSA) is 57.0 Å². The van der Waals surface area contributed by atoms with Crippen LogP contribution in [0.4, 0.5) is 0 Å². The van der Waals surface area contributed by atoms with Gasteiger partial charge in [-0.1, -0.05) is 6.92 Å². The molecule has 0 radical (unpaired) electrons. The summed E-state index contributed by atoms with van der Waals surface area (Å²) in [5.74, 6) is 1.25. The molecule has 0 aliphatic rings. The molecule has 0 aliphatic carbocycles. The van der Waals surface area contributed by atoms with Gasteiger partial charge in [-0.05, 0) is 18.6 Å². The summed E-state index contributed by atoms with van der Waals surface area (Å²) >= 11 is 0. The standard InChI is InChI=1S/C13H15N3O2/c1-3-4-11-15-7-8-16(11)12-9-10(5-6-14-12)13(17)18-2/h5-9H,3-4H2,1-2H3. The predicted octanol–water partition coefficient (Wildman–Crippen LogP) is 2.01. The number of pyridine rings is 1. The van der Waals surface area contributed by atoms with Crippen LogP contribution < -0.4 is 0 Å². The van der Waals surface area contributed by atoms with E-state index in [4.69, 9.17) is 4.74 Å². The van der Waals surface area contributed by atoms with Crippen molar-refractivity contribution in [1.29, 1.82) is 0 Å². The van der Waals surface area contributed by atoms with Crippen LogP contribution in [0, 0.1) is 0 Å². The van der Waals surface area contributed by atoms with E-state index in [1.807, 2.05) is 10.8 Å². The summed E-state index contributed by atoms with van der Waals surface area (Å²) in [7, 11) is 1.36. The van der Waals surface area contributed by atoms with Crippen LogP contribution in [0.3, 0.4) is 0 Å². The molecule has 2 heterocycles. The molecule has 0 saturated carbocycles. The fraction of sp³-hybridized carbons (Fsp3) is 0.308. The minimum Gasteiger partial charge on any atom is -0.465 e. The Hall–Kier alpha value is -2.17. The molecule has 0 N–H and O–H groups in total. The molecule has 0 bridgehead atoms. The number of esters is 1. The van der Waals surface area contributed by atoms with Crippen LogP contribution in [0.25, 0.3) is 5.82 Å². The van der Waals surface area contributed by atoms with Crippen molar-refractivity contribution in [3.8, 4) is 5.82 Å². The van der Waals surface area contributed by atoms with E-state index in [9.17, 15) is 4.79 Å². The number of aryl methyl sites for hydroxylation is 1. The number of aromatic nitrogens is 3. The quantitative estimate of drug-likeness (QED) is 0.773. The minimum absolute atomic E-state index is 0.365. The Morgan fingerprint density at radius 1 is 1.39 bits per heavy atom. The molecule has 0 atom stereocenters. The van der Waals surface area contributed by atoms with Crippen molar-refractivity contribution in [3.05, 3.63) is 42.1 Å². The zero-order valence-electron chi connectivity index (χ0n) is 10.5. The number of hydrogen-bond donors (Lipinski definition) is 0. The molecule has 0 saturated heterocycles. The highest BCUT2D eigenvalue weighted by atomic mass is 16.5. The van der Waals surface area contributed by atoms with E-state index in [1.165, 1.54) is 7.11 Å². The van der Waals surface area contributed by atoms with Crippen LogP contribution in [-0.4, -0.2) is 27.6 Å². The van der Waals surface area contributed by atoms with Gasteiger partial charge in [-0.25, -0.2) is 14.8 Å². The molecule has 2 aromatic rings. The Balaban J connectivity index is 2.38. The van der Waals surface area contributed by atoms with E-state index < -0.39 is 0 Å². The summed E-state index contributed by atoms with van der Waals surface area (Å²) in [5.41, 5.74) is 0.485. The Kier molecular flexibility index (Phi) is 3.72. The molecule has 0 unspecified atom stereocenters. The van der Waals surface area contributed by atoms with Gasteiger partial charge in [-0.2, -0.15) is 0 Å². The van der Waals surface area contributed by atoms with Crippen molar-refractivity contribution in [2.75, 3.05) is 7.11 Å². The average Bonchev–Trinajstić information content (AvgIpc) is 2.87. The van der Waals surface area contributed by atoms with Gasteiger partial charge < -0.3 is 4.74 Å². The molecule has 2 aromatic heterocycles. The average molecular weight is 245 g/mol. The SMILES string of the molecule is CCCc1nccn1-c1cc(C(=O)OC)ccn1. The van der Waals surface area contributed by atoms with Gasteiger partial charge in [0.2, 0.25) is 0 Å². The first-order valence-corrected chi connectivity index (χ1v) is 5.83. The third-order valence-corrected chi connectivity index (χ3v) is 2.60. The minimum atomic E-state index is -0.365. The number of methoxy groups -OCH3 is 1. The Morgan fingerprint density at radius 3 is 2.94 bits per heavy atom. The lowest BCUT2D eigenvalue weighted by atomic mass is 10.2. The molecular weight excluding hydrogens is 230 g/mol. The lowest BCUT2D eigenvalue weighted by Gasteiger charge is -2.07. The molecule has 5 heteroatoms. The van der Waals surface area contributed by atoms with Crippen molar-refractivity contribution in [2.45, 2.75) is 19.8 Å². The van der Waals surface area contributed by atoms with Crippen LogP contribution in [0.1, 0.15) is 29.5 Å². The third kappa shape index (κ3) is 2.40. The predicted molar refractivity (Wildman–Crippen MR) is 66.7 cm³/mol. The number of rotatable bonds is 4. The highest BCUT2D eigenvalue weighted by Crippen LogP contribution is 2.12. The van der Waals surface area contributed by atoms with Gasteiger partial charge in [0, 0.05) is 25.0 Å². The van der Waals surface area contributed by atoms with Crippen molar-refractivity contribution in [1.82, 2.24) is 14.5 Å². The second-order valence-electron chi connectivity index (χ2n) is 3.86.